The maximum absolute atomic E-state index is 14.2. The van der Waals surface area contributed by atoms with Crippen LogP contribution in [0.25, 0.3) is 10.2 Å². The molecule has 1 heterocycles. The molecule has 0 aliphatic rings. The summed E-state index contributed by atoms with van der Waals surface area (Å²) in [6.45, 7) is 11.0. The third-order valence-electron chi connectivity index (χ3n) is 5.31. The van der Waals surface area contributed by atoms with Gasteiger partial charge in [-0.2, -0.15) is 0 Å². The molecule has 1 aromatic heterocycles. The van der Waals surface area contributed by atoms with Crippen molar-refractivity contribution in [3.8, 4) is 0 Å². The maximum Gasteiger partial charge on any atom is 0.233 e. The topological polar surface area (TPSA) is 36.4 Å². The van der Waals surface area contributed by atoms with E-state index in [4.69, 9.17) is 0 Å². The first-order chi connectivity index (χ1) is 14.3. The van der Waals surface area contributed by atoms with E-state index in [2.05, 4.69) is 29.8 Å². The van der Waals surface area contributed by atoms with Gasteiger partial charge in [-0.3, -0.25) is 9.69 Å². The molecule has 0 atom stereocenters. The number of hydrogen-bond acceptors (Lipinski definition) is 4. The Kier molecular flexibility index (Phi) is 7.15. The number of benzene rings is 2. The molecule has 0 spiro atoms. The van der Waals surface area contributed by atoms with Gasteiger partial charge in [0.1, 0.15) is 11.3 Å². The Morgan fingerprint density at radius 2 is 1.80 bits per heavy atom. The van der Waals surface area contributed by atoms with Gasteiger partial charge in [0.2, 0.25) is 5.91 Å². The number of halogens is 2. The fraction of sp³-hybridized carbons (Fsp3) is 0.391. The van der Waals surface area contributed by atoms with Crippen LogP contribution in [0.15, 0.2) is 30.3 Å². The lowest BCUT2D eigenvalue weighted by Crippen LogP contribution is -2.39. The van der Waals surface area contributed by atoms with Gasteiger partial charge in [-0.15, -0.1) is 0 Å². The van der Waals surface area contributed by atoms with Gasteiger partial charge in [-0.05, 0) is 44.1 Å². The van der Waals surface area contributed by atoms with E-state index < -0.39 is 11.6 Å². The van der Waals surface area contributed by atoms with Crippen molar-refractivity contribution < 1.29 is 13.6 Å². The van der Waals surface area contributed by atoms with Crippen LogP contribution in [0.1, 0.15) is 30.5 Å². The number of carbonyl (C=O) groups excluding carboxylic acids is 1. The van der Waals surface area contributed by atoms with Crippen LogP contribution in [-0.4, -0.2) is 42.0 Å². The number of fused-ring (bicyclic) bond motifs is 1. The summed E-state index contributed by atoms with van der Waals surface area (Å²) in [4.78, 5) is 21.4. The maximum atomic E-state index is 14.2. The molecule has 0 aliphatic carbocycles. The minimum atomic E-state index is -0.710. The van der Waals surface area contributed by atoms with Crippen molar-refractivity contribution in [3.63, 3.8) is 0 Å². The van der Waals surface area contributed by atoms with Gasteiger partial charge in [-0.1, -0.05) is 48.9 Å². The van der Waals surface area contributed by atoms with Crippen molar-refractivity contribution in [2.75, 3.05) is 31.1 Å². The summed E-state index contributed by atoms with van der Waals surface area (Å²) in [5.41, 5.74) is 3.26. The Morgan fingerprint density at radius 1 is 1.07 bits per heavy atom. The summed E-state index contributed by atoms with van der Waals surface area (Å²) in [5.74, 6) is -1.46. The van der Waals surface area contributed by atoms with E-state index in [0.717, 1.165) is 47.2 Å². The lowest BCUT2D eigenvalue weighted by molar-refractivity contribution is -0.118. The number of rotatable bonds is 8. The second kappa shape index (κ2) is 9.62. The van der Waals surface area contributed by atoms with Crippen LogP contribution in [0, 0.1) is 25.5 Å². The first-order valence-electron chi connectivity index (χ1n) is 10.2. The van der Waals surface area contributed by atoms with E-state index in [-0.39, 0.29) is 17.8 Å². The molecule has 2 aromatic carbocycles. The number of aromatic nitrogens is 1. The van der Waals surface area contributed by atoms with Crippen LogP contribution in [0.4, 0.5) is 13.9 Å². The first kappa shape index (κ1) is 22.3. The lowest BCUT2D eigenvalue weighted by Gasteiger charge is -2.25. The zero-order chi connectivity index (χ0) is 21.8. The van der Waals surface area contributed by atoms with Crippen LogP contribution in [0.5, 0.6) is 0 Å². The number of amides is 1. The Hall–Kier alpha value is -2.38. The Bertz CT molecular complexity index is 1050. The summed E-state index contributed by atoms with van der Waals surface area (Å²) < 4.78 is 28.2. The van der Waals surface area contributed by atoms with E-state index >= 15 is 0 Å². The molecule has 160 valence electrons. The minimum Gasteiger partial charge on any atom is -0.302 e. The van der Waals surface area contributed by atoms with Gasteiger partial charge >= 0.3 is 0 Å². The van der Waals surface area contributed by atoms with Crippen molar-refractivity contribution >= 4 is 32.6 Å². The molecule has 0 bridgehead atoms. The highest BCUT2D eigenvalue weighted by atomic mass is 32.1. The first-order valence-corrected chi connectivity index (χ1v) is 11.0. The highest BCUT2D eigenvalue weighted by Crippen LogP contribution is 2.31. The largest absolute Gasteiger partial charge is 0.302 e. The number of likely N-dealkylation sites (N-methyl/N-ethyl adjacent to an activating group) is 1. The van der Waals surface area contributed by atoms with Crippen molar-refractivity contribution in [1.82, 2.24) is 9.88 Å². The average molecular weight is 432 g/mol. The predicted molar refractivity (Wildman–Crippen MR) is 119 cm³/mol. The van der Waals surface area contributed by atoms with Gasteiger partial charge in [0.05, 0.1) is 11.1 Å². The Labute approximate surface area is 180 Å². The molecule has 3 rings (SSSR count). The van der Waals surface area contributed by atoms with Gasteiger partial charge in [-0.25, -0.2) is 13.8 Å². The number of thiazole rings is 1. The smallest absolute Gasteiger partial charge is 0.233 e. The Morgan fingerprint density at radius 3 is 2.47 bits per heavy atom. The highest BCUT2D eigenvalue weighted by Gasteiger charge is 2.22. The molecule has 0 saturated heterocycles. The molecule has 0 fully saturated rings. The summed E-state index contributed by atoms with van der Waals surface area (Å²) in [6, 6.07) is 8.10. The molecule has 7 heteroatoms. The molecule has 1 amide bonds. The standard InChI is InChI=1S/C23H27F2N3OS/c1-5-27(6-2)9-10-28(21(29)12-17-8-7-15(3)11-16(17)4)23-26-22-19(25)13-18(24)14-20(22)30-23/h7-8,11,13-14H,5-6,9-10,12H2,1-4H3. The Balaban J connectivity index is 1.93. The zero-order valence-electron chi connectivity index (χ0n) is 17.8. The van der Waals surface area contributed by atoms with Gasteiger partial charge in [0.15, 0.2) is 10.9 Å². The molecule has 0 unspecified atom stereocenters. The van der Waals surface area contributed by atoms with Crippen LogP contribution >= 0.6 is 11.3 Å². The number of anilines is 1. The predicted octanol–water partition coefficient (Wildman–Crippen LogP) is 5.11. The monoisotopic (exact) mass is 431 g/mol. The average Bonchev–Trinajstić information content (AvgIpc) is 3.11. The highest BCUT2D eigenvalue weighted by molar-refractivity contribution is 7.22. The van der Waals surface area contributed by atoms with E-state index in [1.807, 2.05) is 26.0 Å². The second-order valence-corrected chi connectivity index (χ2v) is 8.42. The van der Waals surface area contributed by atoms with E-state index in [1.165, 1.54) is 6.07 Å². The number of hydrogen-bond donors (Lipinski definition) is 0. The number of carbonyl (C=O) groups is 1. The normalized spacial score (nSPS) is 11.4. The van der Waals surface area contributed by atoms with Crippen molar-refractivity contribution in [3.05, 3.63) is 58.7 Å². The van der Waals surface area contributed by atoms with Crippen LogP contribution < -0.4 is 4.90 Å². The number of aryl methyl sites for hydroxylation is 2. The van der Waals surface area contributed by atoms with E-state index in [1.54, 1.807) is 4.90 Å². The fourth-order valence-electron chi connectivity index (χ4n) is 3.47. The molecule has 3 aromatic rings. The molecule has 0 aliphatic heterocycles. The number of nitrogens with zero attached hydrogens (tertiary/aromatic N) is 3. The van der Waals surface area contributed by atoms with Crippen molar-refractivity contribution in [2.45, 2.75) is 34.1 Å². The quantitative estimate of drug-likeness (QED) is 0.497. The van der Waals surface area contributed by atoms with Gasteiger partial charge < -0.3 is 4.90 Å². The molecule has 4 nitrogen and oxygen atoms in total. The van der Waals surface area contributed by atoms with Crippen LogP contribution in [-0.2, 0) is 11.2 Å². The summed E-state index contributed by atoms with van der Waals surface area (Å²) in [7, 11) is 0. The second-order valence-electron chi connectivity index (χ2n) is 7.41. The summed E-state index contributed by atoms with van der Waals surface area (Å²) >= 11 is 1.14. The molecule has 0 radical (unpaired) electrons. The van der Waals surface area contributed by atoms with Crippen molar-refractivity contribution in [1.29, 1.82) is 0 Å². The molecule has 0 N–H and O–H groups in total. The third-order valence-corrected chi connectivity index (χ3v) is 6.33. The van der Waals surface area contributed by atoms with E-state index in [9.17, 15) is 13.6 Å². The third kappa shape index (κ3) is 5.02. The van der Waals surface area contributed by atoms with Crippen LogP contribution in [0.3, 0.4) is 0 Å². The molecule has 30 heavy (non-hydrogen) atoms. The minimum absolute atomic E-state index is 0.101. The summed E-state index contributed by atoms with van der Waals surface area (Å²) in [5, 5.41) is 0.399. The van der Waals surface area contributed by atoms with Gasteiger partial charge in [0, 0.05) is 19.2 Å². The summed E-state index contributed by atoms with van der Waals surface area (Å²) in [6.07, 6.45) is 0.233. The molecular weight excluding hydrogens is 404 g/mol. The van der Waals surface area contributed by atoms with Crippen molar-refractivity contribution in [2.24, 2.45) is 0 Å². The van der Waals surface area contributed by atoms with Crippen LogP contribution in [0.2, 0.25) is 0 Å². The van der Waals surface area contributed by atoms with Gasteiger partial charge in [0.25, 0.3) is 0 Å². The zero-order valence-corrected chi connectivity index (χ0v) is 18.7. The molecular formula is C23H27F2N3OS. The molecule has 0 saturated carbocycles. The fourth-order valence-corrected chi connectivity index (χ4v) is 4.52. The lowest BCUT2D eigenvalue weighted by atomic mass is 10.0. The van der Waals surface area contributed by atoms with E-state index in [0.29, 0.717) is 22.9 Å². The SMILES string of the molecule is CCN(CC)CCN(C(=O)Cc1ccc(C)cc1C)c1nc2c(F)cc(F)cc2s1.